The van der Waals surface area contributed by atoms with Crippen LogP contribution in [-0.4, -0.2) is 48.2 Å². The summed E-state index contributed by atoms with van der Waals surface area (Å²) in [5.41, 5.74) is -0.700. The molecule has 2 aliphatic rings. The monoisotopic (exact) mass is 364 g/mol. The number of carbonyl (C=O) groups is 1. The highest BCUT2D eigenvalue weighted by Gasteiger charge is 2.46. The van der Waals surface area contributed by atoms with E-state index in [9.17, 15) is 13.2 Å². The number of hydrogen-bond donors (Lipinski definition) is 1. The lowest BCUT2D eigenvalue weighted by molar-refractivity contribution is -0.129. The van der Waals surface area contributed by atoms with E-state index in [2.05, 4.69) is 5.16 Å². The molecule has 10 heteroatoms. The smallest absolute Gasteiger partial charge is 0.353 e. The summed E-state index contributed by atoms with van der Waals surface area (Å²) in [5.74, 6) is -1.10. The van der Waals surface area contributed by atoms with Crippen LogP contribution in [0.2, 0.25) is 4.34 Å². The first-order chi connectivity index (χ1) is 10.3. The molecule has 1 fully saturated rings. The van der Waals surface area contributed by atoms with Crippen molar-refractivity contribution in [2.24, 2.45) is 5.16 Å². The van der Waals surface area contributed by atoms with Gasteiger partial charge < -0.3 is 9.94 Å². The van der Waals surface area contributed by atoms with Gasteiger partial charge in [-0.15, -0.1) is 11.3 Å². The number of piperidine rings is 1. The van der Waals surface area contributed by atoms with Gasteiger partial charge in [-0.2, -0.15) is 4.31 Å². The molecule has 7 nitrogen and oxygen atoms in total. The molecule has 0 aliphatic carbocycles. The summed E-state index contributed by atoms with van der Waals surface area (Å²) in [7, 11) is -3.56. The number of carboxylic acid groups (broad SMARTS) is 1. The average Bonchev–Trinajstić information content (AvgIpc) is 3.07. The van der Waals surface area contributed by atoms with Crippen LogP contribution in [0.1, 0.15) is 19.3 Å². The van der Waals surface area contributed by atoms with Gasteiger partial charge in [-0.3, -0.25) is 0 Å². The minimum absolute atomic E-state index is 0.0126. The maximum Gasteiger partial charge on any atom is 0.353 e. The summed E-state index contributed by atoms with van der Waals surface area (Å²) in [6.45, 7) is 0.528. The van der Waals surface area contributed by atoms with Crippen LogP contribution in [0.3, 0.4) is 0 Å². The highest BCUT2D eigenvalue weighted by molar-refractivity contribution is 7.91. The van der Waals surface area contributed by atoms with Crippen molar-refractivity contribution in [1.29, 1.82) is 0 Å². The van der Waals surface area contributed by atoms with Crippen LogP contribution in [-0.2, 0) is 19.7 Å². The van der Waals surface area contributed by atoms with E-state index in [1.807, 2.05) is 0 Å². The first kappa shape index (κ1) is 15.7. The highest BCUT2D eigenvalue weighted by atomic mass is 35.5. The van der Waals surface area contributed by atoms with Crippen LogP contribution in [0.5, 0.6) is 0 Å². The molecule has 1 aromatic rings. The van der Waals surface area contributed by atoms with Crippen molar-refractivity contribution in [2.75, 3.05) is 13.1 Å². The van der Waals surface area contributed by atoms with Gasteiger partial charge in [0.1, 0.15) is 9.81 Å². The Morgan fingerprint density at radius 3 is 2.59 bits per heavy atom. The van der Waals surface area contributed by atoms with Gasteiger partial charge in [0.05, 0.1) is 4.34 Å². The van der Waals surface area contributed by atoms with Gasteiger partial charge in [-0.1, -0.05) is 16.8 Å². The zero-order chi connectivity index (χ0) is 16.0. The quantitative estimate of drug-likeness (QED) is 0.881. The molecule has 120 valence electrons. The maximum atomic E-state index is 12.5. The van der Waals surface area contributed by atoms with E-state index in [4.69, 9.17) is 21.5 Å². The third-order valence-electron chi connectivity index (χ3n) is 3.86. The SMILES string of the molecule is O=C(O)C1=NOC2(CCN(S(=O)(=O)c3ccc(Cl)s3)CC2)C1. The van der Waals surface area contributed by atoms with Crippen molar-refractivity contribution in [2.45, 2.75) is 29.1 Å². The summed E-state index contributed by atoms with van der Waals surface area (Å²) in [5, 5.41) is 12.5. The normalized spacial score (nSPS) is 21.6. The zero-order valence-electron chi connectivity index (χ0n) is 11.4. The average molecular weight is 365 g/mol. The number of thiophene rings is 1. The molecular formula is C12H13ClN2O5S2. The van der Waals surface area contributed by atoms with Gasteiger partial charge in [0.2, 0.25) is 0 Å². The molecule has 0 saturated carbocycles. The largest absolute Gasteiger partial charge is 0.477 e. The van der Waals surface area contributed by atoms with E-state index < -0.39 is 21.6 Å². The van der Waals surface area contributed by atoms with Crippen LogP contribution >= 0.6 is 22.9 Å². The Labute approximate surface area is 136 Å². The second-order valence-electron chi connectivity index (χ2n) is 5.26. The lowest BCUT2D eigenvalue weighted by Crippen LogP contribution is -2.46. The van der Waals surface area contributed by atoms with Crippen molar-refractivity contribution in [3.05, 3.63) is 16.5 Å². The van der Waals surface area contributed by atoms with Crippen LogP contribution in [0.15, 0.2) is 21.5 Å². The molecule has 0 amide bonds. The van der Waals surface area contributed by atoms with Gasteiger partial charge in [-0.25, -0.2) is 13.2 Å². The maximum absolute atomic E-state index is 12.5. The number of aliphatic carboxylic acids is 1. The lowest BCUT2D eigenvalue weighted by Gasteiger charge is -2.36. The van der Waals surface area contributed by atoms with Crippen molar-refractivity contribution in [3.63, 3.8) is 0 Å². The molecule has 1 spiro atoms. The Hall–Kier alpha value is -1.16. The molecule has 1 saturated heterocycles. The predicted octanol–water partition coefficient (Wildman–Crippen LogP) is 1.79. The number of hydrogen-bond acceptors (Lipinski definition) is 6. The number of halogens is 1. The third-order valence-corrected chi connectivity index (χ3v) is 7.46. The Bertz CT molecular complexity index is 734. The molecular weight excluding hydrogens is 352 g/mol. The Morgan fingerprint density at radius 1 is 1.41 bits per heavy atom. The Morgan fingerprint density at radius 2 is 2.09 bits per heavy atom. The fourth-order valence-electron chi connectivity index (χ4n) is 2.60. The first-order valence-corrected chi connectivity index (χ1v) is 9.20. The van der Waals surface area contributed by atoms with Crippen LogP contribution < -0.4 is 0 Å². The first-order valence-electron chi connectivity index (χ1n) is 6.56. The fourth-order valence-corrected chi connectivity index (χ4v) is 5.68. The lowest BCUT2D eigenvalue weighted by atomic mass is 9.88. The number of rotatable bonds is 3. The molecule has 0 unspecified atom stereocenters. The predicted molar refractivity (Wildman–Crippen MR) is 80.8 cm³/mol. The van der Waals surface area contributed by atoms with E-state index in [1.54, 1.807) is 6.07 Å². The molecule has 3 heterocycles. The van der Waals surface area contributed by atoms with E-state index in [0.717, 1.165) is 11.3 Å². The fraction of sp³-hybridized carbons (Fsp3) is 0.500. The third kappa shape index (κ3) is 2.73. The van der Waals surface area contributed by atoms with Gasteiger partial charge >= 0.3 is 5.97 Å². The molecule has 0 atom stereocenters. The van der Waals surface area contributed by atoms with Crippen LogP contribution in [0, 0.1) is 0 Å². The summed E-state index contributed by atoms with van der Waals surface area (Å²) in [6, 6.07) is 3.04. The molecule has 22 heavy (non-hydrogen) atoms. The second-order valence-corrected chi connectivity index (χ2v) is 9.14. The minimum Gasteiger partial charge on any atom is -0.477 e. The standard InChI is InChI=1S/C12H13ClN2O5S2/c13-9-1-2-10(21-9)22(18,19)15-5-3-12(4-6-15)7-8(11(16)17)14-20-12/h1-2H,3-7H2,(H,16,17). The molecule has 3 rings (SSSR count). The van der Waals surface area contributed by atoms with E-state index in [-0.39, 0.29) is 29.4 Å². The van der Waals surface area contributed by atoms with Crippen LogP contribution in [0.4, 0.5) is 0 Å². The molecule has 2 aliphatic heterocycles. The number of sulfonamides is 1. The molecule has 0 radical (unpaired) electrons. The van der Waals surface area contributed by atoms with Crippen molar-refractivity contribution in [3.8, 4) is 0 Å². The number of oxime groups is 1. The van der Waals surface area contributed by atoms with Gasteiger partial charge in [0.15, 0.2) is 5.71 Å². The van der Waals surface area contributed by atoms with Gasteiger partial charge in [-0.05, 0) is 12.1 Å². The summed E-state index contributed by atoms with van der Waals surface area (Å²) in [4.78, 5) is 16.2. The zero-order valence-corrected chi connectivity index (χ0v) is 13.7. The van der Waals surface area contributed by atoms with Gasteiger partial charge in [0, 0.05) is 32.4 Å². The molecule has 0 bridgehead atoms. The molecule has 1 aromatic heterocycles. The van der Waals surface area contributed by atoms with Crippen molar-refractivity contribution < 1.29 is 23.2 Å². The number of carboxylic acids is 1. The highest BCUT2D eigenvalue weighted by Crippen LogP contribution is 2.37. The topological polar surface area (TPSA) is 96.3 Å². The van der Waals surface area contributed by atoms with E-state index in [1.165, 1.54) is 10.4 Å². The summed E-state index contributed by atoms with van der Waals surface area (Å²) < 4.78 is 27.0. The molecule has 0 aromatic carbocycles. The molecule has 1 N–H and O–H groups in total. The summed E-state index contributed by atoms with van der Waals surface area (Å²) in [6.07, 6.45) is 1.03. The van der Waals surface area contributed by atoms with E-state index >= 15 is 0 Å². The van der Waals surface area contributed by atoms with Gasteiger partial charge in [0.25, 0.3) is 10.0 Å². The van der Waals surface area contributed by atoms with Crippen molar-refractivity contribution in [1.82, 2.24) is 4.31 Å². The Kier molecular flexibility index (Phi) is 3.92. The Balaban J connectivity index is 1.69. The number of nitrogens with zero attached hydrogens (tertiary/aromatic N) is 2. The second kappa shape index (κ2) is 5.48. The van der Waals surface area contributed by atoms with Crippen molar-refractivity contribution >= 4 is 44.6 Å². The minimum atomic E-state index is -3.56. The summed E-state index contributed by atoms with van der Waals surface area (Å²) >= 11 is 6.81. The van der Waals surface area contributed by atoms with Crippen LogP contribution in [0.25, 0.3) is 0 Å². The van der Waals surface area contributed by atoms with E-state index in [0.29, 0.717) is 17.2 Å².